The molecule has 0 spiro atoms. The Hall–Kier alpha value is -2.89. The van der Waals surface area contributed by atoms with Crippen LogP contribution >= 0.6 is 0 Å². The Morgan fingerprint density at radius 1 is 1.24 bits per heavy atom. The van der Waals surface area contributed by atoms with Crippen molar-refractivity contribution < 1.29 is 4.39 Å². The average molecular weight is 284 g/mol. The number of hydrogen-bond donors (Lipinski definition) is 3. The number of nitrogen functional groups attached to an aromatic ring is 1. The zero-order chi connectivity index (χ0) is 15.0. The van der Waals surface area contributed by atoms with Gasteiger partial charge in [0.25, 0.3) is 5.56 Å². The summed E-state index contributed by atoms with van der Waals surface area (Å²) in [6, 6.07) is 9.29. The van der Waals surface area contributed by atoms with Crippen LogP contribution in [0.1, 0.15) is 5.56 Å². The van der Waals surface area contributed by atoms with Crippen molar-refractivity contribution >= 4 is 28.2 Å². The minimum atomic E-state index is -0.312. The van der Waals surface area contributed by atoms with Gasteiger partial charge in [0.1, 0.15) is 5.82 Å². The Balaban J connectivity index is 2.05. The number of H-pyrrole nitrogens is 1. The number of rotatable bonds is 2. The number of halogens is 1. The molecule has 0 radical (unpaired) electrons. The van der Waals surface area contributed by atoms with Crippen LogP contribution in [-0.4, -0.2) is 9.97 Å². The van der Waals surface area contributed by atoms with E-state index in [2.05, 4.69) is 15.3 Å². The van der Waals surface area contributed by atoms with E-state index in [1.807, 2.05) is 0 Å². The van der Waals surface area contributed by atoms with Gasteiger partial charge in [0.2, 0.25) is 5.95 Å². The molecular formula is C15H13FN4O. The third-order valence-electron chi connectivity index (χ3n) is 3.17. The van der Waals surface area contributed by atoms with Crippen molar-refractivity contribution in [2.24, 2.45) is 0 Å². The van der Waals surface area contributed by atoms with E-state index in [1.165, 1.54) is 12.1 Å². The molecule has 0 bridgehead atoms. The lowest BCUT2D eigenvalue weighted by molar-refractivity contribution is 0.627. The molecule has 5 nitrogen and oxygen atoms in total. The number of hydrogen-bond acceptors (Lipinski definition) is 4. The van der Waals surface area contributed by atoms with Gasteiger partial charge < -0.3 is 11.1 Å². The second-order valence-corrected chi connectivity index (χ2v) is 4.78. The van der Waals surface area contributed by atoms with Crippen LogP contribution in [0.15, 0.2) is 41.2 Å². The summed E-state index contributed by atoms with van der Waals surface area (Å²) in [6.45, 7) is 1.77. The highest BCUT2D eigenvalue weighted by molar-refractivity contribution is 5.82. The van der Waals surface area contributed by atoms with Crippen molar-refractivity contribution in [1.29, 1.82) is 0 Å². The first-order valence-corrected chi connectivity index (χ1v) is 6.36. The van der Waals surface area contributed by atoms with Gasteiger partial charge in [-0.25, -0.2) is 9.37 Å². The van der Waals surface area contributed by atoms with Crippen LogP contribution in [0.5, 0.6) is 0 Å². The highest BCUT2D eigenvalue weighted by atomic mass is 19.1. The molecule has 0 saturated carbocycles. The van der Waals surface area contributed by atoms with Gasteiger partial charge in [-0.15, -0.1) is 0 Å². The molecule has 0 fully saturated rings. The fourth-order valence-corrected chi connectivity index (χ4v) is 2.11. The van der Waals surface area contributed by atoms with Gasteiger partial charge in [-0.05, 0) is 48.9 Å². The summed E-state index contributed by atoms with van der Waals surface area (Å²) in [5.74, 6) is -0.0135. The fraction of sp³-hybridized carbons (Fsp3) is 0.0667. The van der Waals surface area contributed by atoms with Gasteiger partial charge in [0.05, 0.1) is 10.9 Å². The molecule has 0 amide bonds. The van der Waals surface area contributed by atoms with Crippen molar-refractivity contribution in [3.8, 4) is 0 Å². The highest BCUT2D eigenvalue weighted by Gasteiger charge is 2.06. The molecule has 1 aromatic heterocycles. The zero-order valence-electron chi connectivity index (χ0n) is 11.3. The number of benzene rings is 2. The number of aromatic nitrogens is 2. The van der Waals surface area contributed by atoms with Gasteiger partial charge in [0.15, 0.2) is 0 Å². The number of nitrogens with two attached hydrogens (primary N) is 1. The zero-order valence-corrected chi connectivity index (χ0v) is 11.3. The van der Waals surface area contributed by atoms with Crippen LogP contribution in [0.3, 0.4) is 0 Å². The molecule has 3 aromatic rings. The van der Waals surface area contributed by atoms with E-state index in [1.54, 1.807) is 31.2 Å². The van der Waals surface area contributed by atoms with E-state index in [9.17, 15) is 9.18 Å². The van der Waals surface area contributed by atoms with Crippen molar-refractivity contribution in [3.05, 3.63) is 58.1 Å². The summed E-state index contributed by atoms with van der Waals surface area (Å²) in [5.41, 5.74) is 7.81. The average Bonchev–Trinajstić information content (AvgIpc) is 2.43. The maximum atomic E-state index is 13.1. The molecule has 0 aliphatic heterocycles. The van der Waals surface area contributed by atoms with Crippen LogP contribution in [0.4, 0.5) is 21.7 Å². The van der Waals surface area contributed by atoms with Crippen molar-refractivity contribution in [1.82, 2.24) is 9.97 Å². The number of anilines is 3. The smallest absolute Gasteiger partial charge is 0.260 e. The molecule has 0 saturated heterocycles. The number of fused-ring (bicyclic) bond motifs is 1. The molecule has 0 atom stereocenters. The van der Waals surface area contributed by atoms with Gasteiger partial charge in [-0.1, -0.05) is 0 Å². The Bertz CT molecular complexity index is 888. The lowest BCUT2D eigenvalue weighted by atomic mass is 10.2. The number of aryl methyl sites for hydroxylation is 1. The molecule has 0 unspecified atom stereocenters. The molecule has 6 heteroatoms. The van der Waals surface area contributed by atoms with Crippen LogP contribution < -0.4 is 16.6 Å². The van der Waals surface area contributed by atoms with Crippen LogP contribution in [0, 0.1) is 12.7 Å². The molecule has 0 aliphatic carbocycles. The molecular weight excluding hydrogens is 271 g/mol. The van der Waals surface area contributed by atoms with E-state index in [4.69, 9.17) is 5.73 Å². The van der Waals surface area contributed by atoms with E-state index < -0.39 is 0 Å². The standard InChI is InChI=1S/C15H13FN4O/c1-8-6-9(16)2-4-12(8)18-15-19-13-5-3-10(17)7-11(13)14(21)20-15/h2-7H,17H2,1H3,(H2,18,19,20,21). The predicted octanol–water partition coefficient (Wildman–Crippen LogP) is 2.70. The Labute approximate surface area is 119 Å². The lowest BCUT2D eigenvalue weighted by Gasteiger charge is -2.09. The Morgan fingerprint density at radius 3 is 2.81 bits per heavy atom. The molecule has 1 heterocycles. The quantitative estimate of drug-likeness (QED) is 0.632. The van der Waals surface area contributed by atoms with Crippen molar-refractivity contribution in [2.75, 3.05) is 11.1 Å². The monoisotopic (exact) mass is 284 g/mol. The first-order valence-electron chi connectivity index (χ1n) is 6.36. The minimum absolute atomic E-state index is 0.283. The van der Waals surface area contributed by atoms with E-state index >= 15 is 0 Å². The van der Waals surface area contributed by atoms with Gasteiger partial charge >= 0.3 is 0 Å². The largest absolute Gasteiger partial charge is 0.399 e. The van der Waals surface area contributed by atoms with Gasteiger partial charge in [0, 0.05) is 11.4 Å². The minimum Gasteiger partial charge on any atom is -0.399 e. The second kappa shape index (κ2) is 4.90. The summed E-state index contributed by atoms with van der Waals surface area (Å²) in [6.07, 6.45) is 0. The molecule has 21 heavy (non-hydrogen) atoms. The Kier molecular flexibility index (Phi) is 3.06. The van der Waals surface area contributed by atoms with E-state index in [-0.39, 0.29) is 11.4 Å². The third-order valence-corrected chi connectivity index (χ3v) is 3.17. The summed E-state index contributed by atoms with van der Waals surface area (Å²) in [7, 11) is 0. The normalized spacial score (nSPS) is 10.8. The second-order valence-electron chi connectivity index (χ2n) is 4.78. The SMILES string of the molecule is Cc1cc(F)ccc1Nc1nc2ccc(N)cc2c(=O)[nH]1. The highest BCUT2D eigenvalue weighted by Crippen LogP contribution is 2.20. The molecule has 0 aliphatic rings. The number of nitrogens with zero attached hydrogens (tertiary/aromatic N) is 1. The van der Waals surface area contributed by atoms with Crippen LogP contribution in [0.25, 0.3) is 10.9 Å². The summed E-state index contributed by atoms with van der Waals surface area (Å²) >= 11 is 0. The summed E-state index contributed by atoms with van der Waals surface area (Å²) in [4.78, 5) is 19.0. The fourth-order valence-electron chi connectivity index (χ4n) is 2.11. The topological polar surface area (TPSA) is 83.8 Å². The lowest BCUT2D eigenvalue weighted by Crippen LogP contribution is -2.11. The third kappa shape index (κ3) is 2.55. The van der Waals surface area contributed by atoms with Gasteiger partial charge in [-0.3, -0.25) is 9.78 Å². The van der Waals surface area contributed by atoms with E-state index in [0.717, 1.165) is 5.56 Å². The first-order chi connectivity index (χ1) is 10.0. The van der Waals surface area contributed by atoms with Gasteiger partial charge in [-0.2, -0.15) is 0 Å². The predicted molar refractivity (Wildman–Crippen MR) is 81.2 cm³/mol. The van der Waals surface area contributed by atoms with Crippen LogP contribution in [0.2, 0.25) is 0 Å². The van der Waals surface area contributed by atoms with Crippen molar-refractivity contribution in [3.63, 3.8) is 0 Å². The molecule has 106 valence electrons. The maximum absolute atomic E-state index is 13.1. The molecule has 3 rings (SSSR count). The Morgan fingerprint density at radius 2 is 2.05 bits per heavy atom. The number of nitrogens with one attached hydrogen (secondary N) is 2. The summed E-state index contributed by atoms with van der Waals surface area (Å²) < 4.78 is 13.1. The maximum Gasteiger partial charge on any atom is 0.260 e. The van der Waals surface area contributed by atoms with Crippen molar-refractivity contribution in [2.45, 2.75) is 6.92 Å². The first kappa shape index (κ1) is 13.1. The molecule has 4 N–H and O–H groups in total. The van der Waals surface area contributed by atoms with E-state index in [0.29, 0.717) is 28.2 Å². The summed E-state index contributed by atoms with van der Waals surface area (Å²) in [5, 5.41) is 3.41. The van der Waals surface area contributed by atoms with Crippen LogP contribution in [-0.2, 0) is 0 Å². The molecule has 2 aromatic carbocycles. The number of aromatic amines is 1.